The monoisotopic (exact) mass is 255 g/mol. The fourth-order valence-electron chi connectivity index (χ4n) is 1.83. The van der Waals surface area contributed by atoms with Crippen LogP contribution in [0.4, 0.5) is 0 Å². The first-order valence-corrected chi connectivity index (χ1v) is 6.59. The molecule has 1 saturated carbocycles. The molecule has 0 heterocycles. The summed E-state index contributed by atoms with van der Waals surface area (Å²) in [6.45, 7) is 8.45. The summed E-state index contributed by atoms with van der Waals surface area (Å²) in [6.07, 6.45) is 3.11. The average molecular weight is 255 g/mol. The summed E-state index contributed by atoms with van der Waals surface area (Å²) in [4.78, 5) is 14.4. The van der Waals surface area contributed by atoms with Crippen LogP contribution in [0.25, 0.3) is 0 Å². The van der Waals surface area contributed by atoms with Crippen molar-refractivity contribution in [3.8, 4) is 0 Å². The molecule has 1 fully saturated rings. The van der Waals surface area contributed by atoms with E-state index in [1.807, 2.05) is 4.90 Å². The maximum atomic E-state index is 12.5. The Hall–Kier alpha value is -1.26. The van der Waals surface area contributed by atoms with Crippen molar-refractivity contribution < 1.29 is 10.0 Å². The van der Waals surface area contributed by atoms with E-state index in [0.29, 0.717) is 12.0 Å². The Morgan fingerprint density at radius 2 is 2.06 bits per heavy atom. The lowest BCUT2D eigenvalue weighted by molar-refractivity contribution is -0.137. The summed E-state index contributed by atoms with van der Waals surface area (Å²) in [6, 6.07) is 0.349. The van der Waals surface area contributed by atoms with Gasteiger partial charge in [0.1, 0.15) is 5.41 Å². The highest BCUT2D eigenvalue weighted by molar-refractivity contribution is 6.06. The van der Waals surface area contributed by atoms with Crippen molar-refractivity contribution in [2.24, 2.45) is 22.2 Å². The molecule has 5 nitrogen and oxygen atoms in total. The molecule has 0 aromatic heterocycles. The number of hydrogen-bond donors (Lipinski definition) is 2. The Labute approximate surface area is 109 Å². The van der Waals surface area contributed by atoms with Crippen molar-refractivity contribution in [3.63, 3.8) is 0 Å². The van der Waals surface area contributed by atoms with Gasteiger partial charge in [0.2, 0.25) is 5.91 Å². The maximum absolute atomic E-state index is 12.5. The Kier molecular flexibility index (Phi) is 4.59. The number of amides is 1. The number of carbonyl (C=O) groups is 1. The zero-order valence-electron chi connectivity index (χ0n) is 11.8. The van der Waals surface area contributed by atoms with Crippen molar-refractivity contribution in [2.75, 3.05) is 6.54 Å². The first-order chi connectivity index (χ1) is 8.30. The molecule has 0 unspecified atom stereocenters. The topological polar surface area (TPSA) is 78.9 Å². The second kappa shape index (κ2) is 5.59. The Balaban J connectivity index is 2.76. The highest BCUT2D eigenvalue weighted by Crippen LogP contribution is 2.31. The lowest BCUT2D eigenvalue weighted by Gasteiger charge is -2.31. The van der Waals surface area contributed by atoms with Gasteiger partial charge in [0.05, 0.1) is 0 Å². The Morgan fingerprint density at radius 3 is 2.44 bits per heavy atom. The second-order valence-electron chi connectivity index (χ2n) is 6.02. The highest BCUT2D eigenvalue weighted by atomic mass is 16.4. The molecule has 0 aromatic carbocycles. The van der Waals surface area contributed by atoms with E-state index in [1.54, 1.807) is 13.8 Å². The molecule has 0 aliphatic heterocycles. The van der Waals surface area contributed by atoms with Gasteiger partial charge in [-0.1, -0.05) is 19.0 Å². The molecule has 0 atom stereocenters. The minimum Gasteiger partial charge on any atom is -0.409 e. The van der Waals surface area contributed by atoms with E-state index in [2.05, 4.69) is 19.0 Å². The van der Waals surface area contributed by atoms with Gasteiger partial charge in [-0.3, -0.25) is 4.79 Å². The standard InChI is InChI=1S/C13H25N3O2/c1-9(2)7-8-16(10-5-6-10)12(17)13(3,4)11(14)15-18/h9-10,18H,5-8H2,1-4H3,(H2,14,15). The molecule has 0 aromatic rings. The van der Waals surface area contributed by atoms with Gasteiger partial charge >= 0.3 is 0 Å². The second-order valence-corrected chi connectivity index (χ2v) is 6.02. The third kappa shape index (κ3) is 3.37. The van der Waals surface area contributed by atoms with Crippen LogP contribution in [0, 0.1) is 11.3 Å². The predicted octanol–water partition coefficient (Wildman–Crippen LogP) is 1.80. The summed E-state index contributed by atoms with van der Waals surface area (Å²) in [5.41, 5.74) is 4.68. The SMILES string of the molecule is CC(C)CCN(C(=O)C(C)(C)C(N)=NO)C1CC1. The molecule has 0 bridgehead atoms. The summed E-state index contributed by atoms with van der Waals surface area (Å²) in [7, 11) is 0. The van der Waals surface area contributed by atoms with Crippen molar-refractivity contribution >= 4 is 11.7 Å². The summed E-state index contributed by atoms with van der Waals surface area (Å²) in [5, 5.41) is 11.8. The van der Waals surface area contributed by atoms with Crippen molar-refractivity contribution in [1.29, 1.82) is 0 Å². The van der Waals surface area contributed by atoms with E-state index in [4.69, 9.17) is 10.9 Å². The van der Waals surface area contributed by atoms with Gasteiger partial charge < -0.3 is 15.8 Å². The summed E-state index contributed by atoms with van der Waals surface area (Å²) in [5.74, 6) is 0.495. The lowest BCUT2D eigenvalue weighted by Crippen LogP contribution is -2.49. The molecule has 3 N–H and O–H groups in total. The Morgan fingerprint density at radius 1 is 1.50 bits per heavy atom. The maximum Gasteiger partial charge on any atom is 0.236 e. The molecule has 1 rings (SSSR count). The van der Waals surface area contributed by atoms with Gasteiger partial charge in [0.25, 0.3) is 0 Å². The molecule has 104 valence electrons. The van der Waals surface area contributed by atoms with E-state index in [-0.39, 0.29) is 11.7 Å². The number of amidine groups is 1. The molecule has 1 amide bonds. The van der Waals surface area contributed by atoms with Crippen LogP contribution in [0.2, 0.25) is 0 Å². The fraction of sp³-hybridized carbons (Fsp3) is 0.846. The van der Waals surface area contributed by atoms with Gasteiger partial charge in [0.15, 0.2) is 5.84 Å². The third-order valence-electron chi connectivity index (χ3n) is 3.48. The van der Waals surface area contributed by atoms with E-state index in [1.165, 1.54) is 0 Å². The minimum atomic E-state index is -0.936. The van der Waals surface area contributed by atoms with Crippen LogP contribution in [-0.2, 0) is 4.79 Å². The lowest BCUT2D eigenvalue weighted by atomic mass is 9.89. The zero-order valence-corrected chi connectivity index (χ0v) is 11.8. The number of rotatable bonds is 6. The first kappa shape index (κ1) is 14.8. The number of oxime groups is 1. The molecular formula is C13H25N3O2. The zero-order chi connectivity index (χ0) is 13.9. The van der Waals surface area contributed by atoms with E-state index in [0.717, 1.165) is 25.8 Å². The molecule has 1 aliphatic rings. The van der Waals surface area contributed by atoms with E-state index < -0.39 is 5.41 Å². The predicted molar refractivity (Wildman–Crippen MR) is 71.4 cm³/mol. The van der Waals surface area contributed by atoms with Crippen LogP contribution >= 0.6 is 0 Å². The number of nitrogens with zero attached hydrogens (tertiary/aromatic N) is 2. The average Bonchev–Trinajstić information content (AvgIpc) is 3.11. The number of hydrogen-bond acceptors (Lipinski definition) is 3. The third-order valence-corrected chi connectivity index (χ3v) is 3.48. The molecule has 0 spiro atoms. The van der Waals surface area contributed by atoms with Crippen LogP contribution in [0.3, 0.4) is 0 Å². The normalized spacial score (nSPS) is 17.1. The van der Waals surface area contributed by atoms with Gasteiger partial charge in [0, 0.05) is 12.6 Å². The van der Waals surface area contributed by atoms with Gasteiger partial charge in [-0.25, -0.2) is 0 Å². The smallest absolute Gasteiger partial charge is 0.236 e. The van der Waals surface area contributed by atoms with Crippen molar-refractivity contribution in [3.05, 3.63) is 0 Å². The van der Waals surface area contributed by atoms with Crippen LogP contribution in [0.1, 0.15) is 47.0 Å². The molecule has 18 heavy (non-hydrogen) atoms. The van der Waals surface area contributed by atoms with Gasteiger partial charge in [-0.15, -0.1) is 0 Å². The fourth-order valence-corrected chi connectivity index (χ4v) is 1.83. The molecule has 0 radical (unpaired) electrons. The number of carbonyl (C=O) groups excluding carboxylic acids is 1. The summed E-state index contributed by atoms with van der Waals surface area (Å²) < 4.78 is 0. The molecule has 0 saturated heterocycles. The molecule has 1 aliphatic carbocycles. The van der Waals surface area contributed by atoms with Crippen molar-refractivity contribution in [2.45, 2.75) is 53.0 Å². The van der Waals surface area contributed by atoms with Crippen LogP contribution in [-0.4, -0.2) is 34.4 Å². The highest BCUT2D eigenvalue weighted by Gasteiger charge is 2.41. The van der Waals surface area contributed by atoms with Crippen molar-refractivity contribution in [1.82, 2.24) is 4.90 Å². The first-order valence-electron chi connectivity index (χ1n) is 6.59. The van der Waals surface area contributed by atoms with Gasteiger partial charge in [-0.05, 0) is 39.0 Å². The minimum absolute atomic E-state index is 0.0253. The molecule has 5 heteroatoms. The largest absolute Gasteiger partial charge is 0.409 e. The van der Waals surface area contributed by atoms with Crippen LogP contribution in [0.5, 0.6) is 0 Å². The number of nitrogens with two attached hydrogens (primary N) is 1. The van der Waals surface area contributed by atoms with Gasteiger partial charge in [-0.2, -0.15) is 0 Å². The quantitative estimate of drug-likeness (QED) is 0.329. The van der Waals surface area contributed by atoms with E-state index >= 15 is 0 Å². The molecular weight excluding hydrogens is 230 g/mol. The summed E-state index contributed by atoms with van der Waals surface area (Å²) >= 11 is 0. The Bertz CT molecular complexity index is 333. The van der Waals surface area contributed by atoms with Crippen LogP contribution < -0.4 is 5.73 Å². The van der Waals surface area contributed by atoms with Crippen LogP contribution in [0.15, 0.2) is 5.16 Å². The van der Waals surface area contributed by atoms with E-state index in [9.17, 15) is 4.79 Å².